The van der Waals surface area contributed by atoms with Gasteiger partial charge in [-0.3, -0.25) is 4.79 Å². The van der Waals surface area contributed by atoms with E-state index in [1.54, 1.807) is 24.3 Å². The van der Waals surface area contributed by atoms with Crippen LogP contribution in [0.25, 0.3) is 0 Å². The molecule has 1 aliphatic carbocycles. The van der Waals surface area contributed by atoms with Crippen molar-refractivity contribution < 1.29 is 19.4 Å². The van der Waals surface area contributed by atoms with Crippen molar-refractivity contribution in [3.8, 4) is 5.75 Å². The number of hydrogen-bond acceptors (Lipinski definition) is 3. The minimum absolute atomic E-state index is 0.265. The van der Waals surface area contributed by atoms with Crippen molar-refractivity contribution >= 4 is 11.9 Å². The van der Waals surface area contributed by atoms with Crippen LogP contribution < -0.4 is 4.74 Å². The number of carboxylic acids is 1. The molecule has 1 N–H and O–H groups in total. The van der Waals surface area contributed by atoms with E-state index >= 15 is 0 Å². The lowest BCUT2D eigenvalue weighted by atomic mass is 10.0. The molecule has 1 amide bonds. The summed E-state index contributed by atoms with van der Waals surface area (Å²) in [6.07, 6.45) is 2.71. The number of benzene rings is 2. The van der Waals surface area contributed by atoms with E-state index in [4.69, 9.17) is 4.74 Å². The maximum atomic E-state index is 12.7. The van der Waals surface area contributed by atoms with Gasteiger partial charge in [-0.25, -0.2) is 4.79 Å². The highest BCUT2D eigenvalue weighted by molar-refractivity contribution is 5.96. The predicted octanol–water partition coefficient (Wildman–Crippen LogP) is 3.24. The van der Waals surface area contributed by atoms with E-state index in [0.717, 1.165) is 11.3 Å². The number of carbonyl (C=O) groups is 2. The van der Waals surface area contributed by atoms with Gasteiger partial charge in [-0.1, -0.05) is 30.3 Å². The fourth-order valence-electron chi connectivity index (χ4n) is 2.76. The fraction of sp³-hybridized carbons (Fsp3) is 0.333. The van der Waals surface area contributed by atoms with Crippen molar-refractivity contribution in [2.75, 3.05) is 13.7 Å². The second kappa shape index (κ2) is 8.04. The van der Waals surface area contributed by atoms with E-state index in [0.29, 0.717) is 18.1 Å². The lowest BCUT2D eigenvalue weighted by Gasteiger charge is -2.25. The largest absolute Gasteiger partial charge is 0.493 e. The maximum Gasteiger partial charge on any atom is 0.326 e. The van der Waals surface area contributed by atoms with Crippen molar-refractivity contribution in [2.24, 2.45) is 5.92 Å². The summed E-state index contributed by atoms with van der Waals surface area (Å²) in [6, 6.07) is 15.3. The quantitative estimate of drug-likeness (QED) is 0.791. The van der Waals surface area contributed by atoms with Gasteiger partial charge in [0.05, 0.1) is 6.61 Å². The molecule has 0 aromatic heterocycles. The molecule has 0 saturated heterocycles. The summed E-state index contributed by atoms with van der Waals surface area (Å²) in [4.78, 5) is 25.7. The molecule has 0 heterocycles. The van der Waals surface area contributed by atoms with Crippen LogP contribution >= 0.6 is 0 Å². The van der Waals surface area contributed by atoms with Gasteiger partial charge in [0.1, 0.15) is 11.8 Å². The number of nitrogens with zero attached hydrogens (tertiary/aromatic N) is 1. The van der Waals surface area contributed by atoms with Crippen LogP contribution in [0.4, 0.5) is 0 Å². The van der Waals surface area contributed by atoms with Crippen molar-refractivity contribution in [3.63, 3.8) is 0 Å². The highest BCUT2D eigenvalue weighted by Crippen LogP contribution is 2.29. The smallest absolute Gasteiger partial charge is 0.326 e. The molecule has 26 heavy (non-hydrogen) atoms. The first kappa shape index (κ1) is 18.0. The van der Waals surface area contributed by atoms with Crippen LogP contribution in [0.1, 0.15) is 28.8 Å². The number of carboxylic acid groups (broad SMARTS) is 1. The number of rotatable bonds is 8. The third-order valence-corrected chi connectivity index (χ3v) is 4.63. The SMILES string of the molecule is CN(C(=O)c1ccc(OCC2CC2)cc1)C(Cc1ccccc1)C(=O)O. The molecule has 0 spiro atoms. The normalized spacial score (nSPS) is 14.5. The molecule has 2 aromatic carbocycles. The zero-order valence-electron chi connectivity index (χ0n) is 14.8. The number of hydrogen-bond donors (Lipinski definition) is 1. The molecule has 0 radical (unpaired) electrons. The second-order valence-electron chi connectivity index (χ2n) is 6.74. The van der Waals surface area contributed by atoms with E-state index in [9.17, 15) is 14.7 Å². The molecule has 3 rings (SSSR count). The van der Waals surface area contributed by atoms with E-state index in [1.165, 1.54) is 24.8 Å². The summed E-state index contributed by atoms with van der Waals surface area (Å²) in [5, 5.41) is 9.56. The van der Waals surface area contributed by atoms with Crippen LogP contribution in [-0.2, 0) is 11.2 Å². The third kappa shape index (κ3) is 4.63. The first-order valence-corrected chi connectivity index (χ1v) is 8.81. The highest BCUT2D eigenvalue weighted by atomic mass is 16.5. The average Bonchev–Trinajstić information content (AvgIpc) is 3.49. The molecule has 5 heteroatoms. The van der Waals surface area contributed by atoms with Crippen LogP contribution in [0.15, 0.2) is 54.6 Å². The Kier molecular flexibility index (Phi) is 5.56. The Bertz CT molecular complexity index is 753. The van der Waals surface area contributed by atoms with Crippen molar-refractivity contribution in [1.82, 2.24) is 4.90 Å². The summed E-state index contributed by atoms with van der Waals surface area (Å²) >= 11 is 0. The molecular weight excluding hydrogens is 330 g/mol. The number of likely N-dealkylation sites (N-methyl/N-ethyl adjacent to an activating group) is 1. The number of aliphatic carboxylic acids is 1. The van der Waals surface area contributed by atoms with E-state index in [-0.39, 0.29) is 12.3 Å². The fourth-order valence-corrected chi connectivity index (χ4v) is 2.76. The minimum atomic E-state index is -1.02. The van der Waals surface area contributed by atoms with Crippen LogP contribution in [0.2, 0.25) is 0 Å². The van der Waals surface area contributed by atoms with Crippen molar-refractivity contribution in [1.29, 1.82) is 0 Å². The van der Waals surface area contributed by atoms with Crippen LogP contribution in [-0.4, -0.2) is 41.6 Å². The molecule has 1 unspecified atom stereocenters. The molecule has 0 aliphatic heterocycles. The highest BCUT2D eigenvalue weighted by Gasteiger charge is 2.27. The molecule has 1 fully saturated rings. The number of carbonyl (C=O) groups excluding carboxylic acids is 1. The van der Waals surface area contributed by atoms with Crippen molar-refractivity contribution in [2.45, 2.75) is 25.3 Å². The Balaban J connectivity index is 1.66. The standard InChI is InChI=1S/C21H23NO4/c1-22(19(21(24)25)13-15-5-3-2-4-6-15)20(23)17-9-11-18(12-10-17)26-14-16-7-8-16/h2-6,9-12,16,19H,7-8,13-14H2,1H3,(H,24,25). The molecule has 2 aromatic rings. The monoisotopic (exact) mass is 353 g/mol. The summed E-state index contributed by atoms with van der Waals surface area (Å²) in [5.41, 5.74) is 1.33. The zero-order chi connectivity index (χ0) is 18.5. The van der Waals surface area contributed by atoms with Crippen LogP contribution in [0.5, 0.6) is 5.75 Å². The zero-order valence-corrected chi connectivity index (χ0v) is 14.8. The van der Waals surface area contributed by atoms with Crippen LogP contribution in [0.3, 0.4) is 0 Å². The van der Waals surface area contributed by atoms with Crippen molar-refractivity contribution in [3.05, 3.63) is 65.7 Å². The van der Waals surface area contributed by atoms with Crippen LogP contribution in [0, 0.1) is 5.92 Å². The lowest BCUT2D eigenvalue weighted by molar-refractivity contribution is -0.141. The topological polar surface area (TPSA) is 66.8 Å². The van der Waals surface area contributed by atoms with Gasteiger partial charge in [-0.15, -0.1) is 0 Å². The van der Waals surface area contributed by atoms with E-state index in [1.807, 2.05) is 30.3 Å². The van der Waals surface area contributed by atoms with Gasteiger partial charge < -0.3 is 14.7 Å². The Morgan fingerprint density at radius 3 is 2.35 bits per heavy atom. The Hall–Kier alpha value is -2.82. The Labute approximate surface area is 153 Å². The van der Waals surface area contributed by atoms with E-state index < -0.39 is 12.0 Å². The Morgan fingerprint density at radius 1 is 1.12 bits per heavy atom. The molecular formula is C21H23NO4. The summed E-state index contributed by atoms with van der Waals surface area (Å²) in [7, 11) is 1.53. The Morgan fingerprint density at radius 2 is 1.77 bits per heavy atom. The summed E-state index contributed by atoms with van der Waals surface area (Å²) < 4.78 is 5.67. The molecule has 1 atom stereocenters. The average molecular weight is 353 g/mol. The molecule has 1 saturated carbocycles. The number of amides is 1. The van der Waals surface area contributed by atoms with Gasteiger partial charge in [-0.2, -0.15) is 0 Å². The van der Waals surface area contributed by atoms with Gasteiger partial charge >= 0.3 is 5.97 Å². The molecule has 1 aliphatic rings. The van der Waals surface area contributed by atoms with Gasteiger partial charge in [-0.05, 0) is 48.6 Å². The molecule has 136 valence electrons. The third-order valence-electron chi connectivity index (χ3n) is 4.63. The van der Waals surface area contributed by atoms with Gasteiger partial charge in [0, 0.05) is 19.0 Å². The van der Waals surface area contributed by atoms with Gasteiger partial charge in [0.2, 0.25) is 0 Å². The summed E-state index contributed by atoms with van der Waals surface area (Å²) in [6.45, 7) is 0.714. The molecule has 5 nitrogen and oxygen atoms in total. The maximum absolute atomic E-state index is 12.7. The first-order valence-electron chi connectivity index (χ1n) is 8.81. The predicted molar refractivity (Wildman–Crippen MR) is 98.3 cm³/mol. The first-order chi connectivity index (χ1) is 12.5. The second-order valence-corrected chi connectivity index (χ2v) is 6.74. The van der Waals surface area contributed by atoms with Gasteiger partial charge in [0.15, 0.2) is 0 Å². The minimum Gasteiger partial charge on any atom is -0.493 e. The van der Waals surface area contributed by atoms with E-state index in [2.05, 4.69) is 0 Å². The van der Waals surface area contributed by atoms with Gasteiger partial charge in [0.25, 0.3) is 5.91 Å². The molecule has 0 bridgehead atoms. The lowest BCUT2D eigenvalue weighted by Crippen LogP contribution is -2.43. The number of ether oxygens (including phenoxy) is 1. The summed E-state index contributed by atoms with van der Waals surface area (Å²) in [5.74, 6) is 0.0584.